The highest BCUT2D eigenvalue weighted by atomic mass is 16.3. The Morgan fingerprint density at radius 1 is 1.38 bits per heavy atom. The first kappa shape index (κ1) is 9.75. The average molecular weight is 174 g/mol. The Hall–Kier alpha value is -1.34. The Bertz CT molecular complexity index is 296. The molecule has 1 N–H and O–H groups in total. The van der Waals surface area contributed by atoms with Crippen LogP contribution in [-0.2, 0) is 0 Å². The summed E-state index contributed by atoms with van der Waals surface area (Å²) in [7, 11) is 0. The molecule has 1 unspecified atom stereocenters. The number of benzene rings is 1. The van der Waals surface area contributed by atoms with Crippen LogP contribution in [0.1, 0.15) is 12.5 Å². The average Bonchev–Trinajstić information content (AvgIpc) is 2.15. The van der Waals surface area contributed by atoms with E-state index in [1.54, 1.807) is 6.92 Å². The summed E-state index contributed by atoms with van der Waals surface area (Å²) in [6.45, 7) is 5.44. The van der Waals surface area contributed by atoms with Crippen molar-refractivity contribution in [3.63, 3.8) is 0 Å². The fraction of sp³-hybridized carbons (Fsp3) is 0.167. The van der Waals surface area contributed by atoms with Gasteiger partial charge in [0, 0.05) is 0 Å². The first-order valence-corrected chi connectivity index (χ1v) is 4.30. The fourth-order valence-electron chi connectivity index (χ4n) is 0.907. The number of aliphatic hydroxyl groups excluding tert-OH is 1. The summed E-state index contributed by atoms with van der Waals surface area (Å²) in [5.41, 5.74) is 1.84. The van der Waals surface area contributed by atoms with Crippen LogP contribution in [0.3, 0.4) is 0 Å². The molecule has 1 aromatic carbocycles. The van der Waals surface area contributed by atoms with Gasteiger partial charge in [-0.05, 0) is 18.1 Å². The minimum absolute atomic E-state index is 0.472. The lowest BCUT2D eigenvalue weighted by atomic mass is 10.1. The molecule has 0 bridgehead atoms. The highest BCUT2D eigenvalue weighted by Crippen LogP contribution is 2.06. The van der Waals surface area contributed by atoms with Crippen molar-refractivity contribution in [1.29, 1.82) is 0 Å². The van der Waals surface area contributed by atoms with E-state index in [0.717, 1.165) is 11.1 Å². The molecule has 1 rings (SSSR count). The molecule has 0 saturated heterocycles. The van der Waals surface area contributed by atoms with Gasteiger partial charge in [-0.2, -0.15) is 0 Å². The van der Waals surface area contributed by atoms with Crippen LogP contribution in [0.2, 0.25) is 0 Å². The van der Waals surface area contributed by atoms with E-state index >= 15 is 0 Å². The van der Waals surface area contributed by atoms with Crippen molar-refractivity contribution in [2.24, 2.45) is 0 Å². The Morgan fingerprint density at radius 2 is 2.00 bits per heavy atom. The van der Waals surface area contributed by atoms with Crippen molar-refractivity contribution in [2.45, 2.75) is 13.0 Å². The van der Waals surface area contributed by atoms with E-state index in [2.05, 4.69) is 6.58 Å². The fourth-order valence-corrected chi connectivity index (χ4v) is 0.907. The third-order valence-corrected chi connectivity index (χ3v) is 1.83. The summed E-state index contributed by atoms with van der Waals surface area (Å²) in [5, 5.41) is 9.15. The third-order valence-electron chi connectivity index (χ3n) is 1.83. The number of aliphatic hydroxyl groups is 1. The van der Waals surface area contributed by atoms with Crippen LogP contribution in [0, 0.1) is 0 Å². The first-order chi connectivity index (χ1) is 6.20. The van der Waals surface area contributed by atoms with Crippen molar-refractivity contribution in [3.8, 4) is 0 Å². The molecule has 1 heteroatoms. The molecule has 0 aromatic heterocycles. The summed E-state index contributed by atoms with van der Waals surface area (Å²) in [6, 6.07) is 9.94. The molecule has 0 fully saturated rings. The Labute approximate surface area is 79.0 Å². The van der Waals surface area contributed by atoms with E-state index in [0.29, 0.717) is 0 Å². The van der Waals surface area contributed by atoms with Crippen LogP contribution in [0.5, 0.6) is 0 Å². The maximum absolute atomic E-state index is 9.15. The standard InChI is InChI=1S/C12H14O/c1-10(11(2)13)8-9-12-6-4-3-5-7-12/h3-9,11,13H,1H2,2H3/b9-8+. The quantitative estimate of drug-likeness (QED) is 0.698. The zero-order valence-electron chi connectivity index (χ0n) is 7.77. The van der Waals surface area contributed by atoms with Crippen LogP contribution in [-0.4, -0.2) is 11.2 Å². The lowest BCUT2D eigenvalue weighted by Gasteiger charge is -2.01. The normalized spacial score (nSPS) is 13.1. The number of rotatable bonds is 3. The van der Waals surface area contributed by atoms with Crippen LogP contribution in [0.25, 0.3) is 6.08 Å². The predicted octanol–water partition coefficient (Wildman–Crippen LogP) is 2.64. The van der Waals surface area contributed by atoms with E-state index in [4.69, 9.17) is 5.11 Å². The number of hydrogen-bond donors (Lipinski definition) is 1. The molecule has 68 valence electrons. The van der Waals surface area contributed by atoms with Crippen molar-refractivity contribution >= 4 is 6.08 Å². The van der Waals surface area contributed by atoms with Gasteiger partial charge in [-0.1, -0.05) is 49.1 Å². The van der Waals surface area contributed by atoms with E-state index in [-0.39, 0.29) is 0 Å². The number of hydrogen-bond acceptors (Lipinski definition) is 1. The Morgan fingerprint density at radius 3 is 2.54 bits per heavy atom. The summed E-state index contributed by atoms with van der Waals surface area (Å²) in [5.74, 6) is 0. The van der Waals surface area contributed by atoms with Gasteiger partial charge in [-0.25, -0.2) is 0 Å². The Kier molecular flexibility index (Phi) is 3.47. The lowest BCUT2D eigenvalue weighted by molar-refractivity contribution is 0.236. The van der Waals surface area contributed by atoms with Crippen molar-refractivity contribution in [1.82, 2.24) is 0 Å². The van der Waals surface area contributed by atoms with E-state index in [1.807, 2.05) is 42.5 Å². The lowest BCUT2D eigenvalue weighted by Crippen LogP contribution is -1.99. The van der Waals surface area contributed by atoms with Crippen molar-refractivity contribution in [2.75, 3.05) is 0 Å². The van der Waals surface area contributed by atoms with Gasteiger partial charge in [0.2, 0.25) is 0 Å². The molecule has 0 radical (unpaired) electrons. The van der Waals surface area contributed by atoms with Gasteiger partial charge < -0.3 is 5.11 Å². The van der Waals surface area contributed by atoms with Crippen LogP contribution in [0.4, 0.5) is 0 Å². The van der Waals surface area contributed by atoms with Gasteiger partial charge in [0.25, 0.3) is 0 Å². The molecule has 0 aliphatic carbocycles. The maximum Gasteiger partial charge on any atom is 0.0756 e. The monoisotopic (exact) mass is 174 g/mol. The minimum atomic E-state index is -0.472. The van der Waals surface area contributed by atoms with Gasteiger partial charge in [0.05, 0.1) is 6.10 Å². The van der Waals surface area contributed by atoms with Gasteiger partial charge >= 0.3 is 0 Å². The molecule has 0 aliphatic heterocycles. The molecule has 0 heterocycles. The zero-order chi connectivity index (χ0) is 9.68. The molecule has 1 atom stereocenters. The van der Waals surface area contributed by atoms with Gasteiger partial charge in [0.15, 0.2) is 0 Å². The van der Waals surface area contributed by atoms with Crippen LogP contribution >= 0.6 is 0 Å². The molecule has 13 heavy (non-hydrogen) atoms. The molecule has 1 nitrogen and oxygen atoms in total. The van der Waals surface area contributed by atoms with Crippen molar-refractivity contribution < 1.29 is 5.11 Å². The highest BCUT2D eigenvalue weighted by Gasteiger charge is 1.95. The smallest absolute Gasteiger partial charge is 0.0756 e. The molecule has 1 aromatic rings. The van der Waals surface area contributed by atoms with E-state index in [9.17, 15) is 0 Å². The second-order valence-corrected chi connectivity index (χ2v) is 2.99. The highest BCUT2D eigenvalue weighted by molar-refractivity contribution is 5.52. The van der Waals surface area contributed by atoms with Crippen LogP contribution in [0.15, 0.2) is 48.6 Å². The molecule has 0 aliphatic rings. The molecular formula is C12H14O. The second kappa shape index (κ2) is 4.63. The van der Waals surface area contributed by atoms with E-state index < -0.39 is 6.10 Å². The summed E-state index contributed by atoms with van der Waals surface area (Å²) in [6.07, 6.45) is 3.30. The summed E-state index contributed by atoms with van der Waals surface area (Å²) < 4.78 is 0. The largest absolute Gasteiger partial charge is 0.389 e. The van der Waals surface area contributed by atoms with Crippen molar-refractivity contribution in [3.05, 3.63) is 54.1 Å². The predicted molar refractivity (Wildman–Crippen MR) is 56.3 cm³/mol. The Balaban J connectivity index is 2.64. The second-order valence-electron chi connectivity index (χ2n) is 2.99. The topological polar surface area (TPSA) is 20.2 Å². The zero-order valence-corrected chi connectivity index (χ0v) is 7.77. The molecule has 0 spiro atoms. The summed E-state index contributed by atoms with van der Waals surface area (Å²) >= 11 is 0. The summed E-state index contributed by atoms with van der Waals surface area (Å²) in [4.78, 5) is 0. The molecule has 0 amide bonds. The van der Waals surface area contributed by atoms with Gasteiger partial charge in [-0.3, -0.25) is 0 Å². The molecule has 0 saturated carbocycles. The molecular weight excluding hydrogens is 160 g/mol. The SMILES string of the molecule is C=C(/C=C/c1ccccc1)C(C)O. The maximum atomic E-state index is 9.15. The van der Waals surface area contributed by atoms with Crippen LogP contribution < -0.4 is 0 Å². The van der Waals surface area contributed by atoms with Gasteiger partial charge in [-0.15, -0.1) is 0 Å². The van der Waals surface area contributed by atoms with E-state index in [1.165, 1.54) is 0 Å². The third kappa shape index (κ3) is 3.26. The minimum Gasteiger partial charge on any atom is -0.389 e. The first-order valence-electron chi connectivity index (χ1n) is 4.30. The van der Waals surface area contributed by atoms with Gasteiger partial charge in [0.1, 0.15) is 0 Å².